The second kappa shape index (κ2) is 8.90. The van der Waals surface area contributed by atoms with Crippen LogP contribution in [-0.2, 0) is 0 Å². The summed E-state index contributed by atoms with van der Waals surface area (Å²) in [6, 6.07) is 0.181. The monoisotopic (exact) mass is 244 g/mol. The summed E-state index contributed by atoms with van der Waals surface area (Å²) in [5, 5.41) is 9.57. The average Bonchev–Trinajstić information content (AvgIpc) is 2.27. The van der Waals surface area contributed by atoms with Crippen molar-refractivity contribution in [3.05, 3.63) is 0 Å². The Labute approximate surface area is 107 Å². The van der Waals surface area contributed by atoms with Gasteiger partial charge in [0.15, 0.2) is 0 Å². The van der Waals surface area contributed by atoms with Crippen LogP contribution < -0.4 is 5.73 Å². The van der Waals surface area contributed by atoms with Crippen molar-refractivity contribution in [3.63, 3.8) is 0 Å². The van der Waals surface area contributed by atoms with E-state index < -0.39 is 0 Å². The van der Waals surface area contributed by atoms with Gasteiger partial charge in [-0.1, -0.05) is 41.0 Å². The van der Waals surface area contributed by atoms with Gasteiger partial charge in [-0.25, -0.2) is 0 Å². The molecule has 0 aliphatic heterocycles. The van der Waals surface area contributed by atoms with Crippen molar-refractivity contribution in [2.75, 3.05) is 19.7 Å². The summed E-state index contributed by atoms with van der Waals surface area (Å²) in [6.45, 7) is 13.1. The van der Waals surface area contributed by atoms with Gasteiger partial charge in [-0.15, -0.1) is 0 Å². The summed E-state index contributed by atoms with van der Waals surface area (Å²) in [7, 11) is 0. The molecule has 0 rings (SSSR count). The van der Waals surface area contributed by atoms with E-state index in [0.29, 0.717) is 11.8 Å². The molecule has 0 aromatic carbocycles. The van der Waals surface area contributed by atoms with Crippen molar-refractivity contribution in [1.29, 1.82) is 0 Å². The van der Waals surface area contributed by atoms with Crippen LogP contribution in [0.4, 0.5) is 0 Å². The van der Waals surface area contributed by atoms with Crippen LogP contribution in [0.2, 0.25) is 0 Å². The Balaban J connectivity index is 4.46. The zero-order valence-corrected chi connectivity index (χ0v) is 12.3. The first-order chi connectivity index (χ1) is 7.96. The van der Waals surface area contributed by atoms with Crippen molar-refractivity contribution in [3.8, 4) is 0 Å². The Morgan fingerprint density at radius 1 is 1.18 bits per heavy atom. The highest BCUT2D eigenvalue weighted by Crippen LogP contribution is 2.14. The number of hydrogen-bond acceptors (Lipinski definition) is 3. The Morgan fingerprint density at radius 3 is 2.12 bits per heavy atom. The quantitative estimate of drug-likeness (QED) is 0.653. The van der Waals surface area contributed by atoms with Crippen molar-refractivity contribution in [2.24, 2.45) is 17.6 Å². The maximum absolute atomic E-state index is 9.57. The van der Waals surface area contributed by atoms with Crippen LogP contribution >= 0.6 is 0 Å². The second-order valence-electron chi connectivity index (χ2n) is 5.64. The van der Waals surface area contributed by atoms with Gasteiger partial charge in [-0.2, -0.15) is 0 Å². The largest absolute Gasteiger partial charge is 0.395 e. The molecule has 3 unspecified atom stereocenters. The van der Waals surface area contributed by atoms with E-state index in [0.717, 1.165) is 19.5 Å². The number of aliphatic hydroxyl groups excluding tert-OH is 1. The standard InChI is InChI=1S/C14H32N2O/c1-6-12(5)9-16(7-2)14(10-17)13(15)8-11(3)4/h11-14,17H,6-10,15H2,1-5H3. The summed E-state index contributed by atoms with van der Waals surface area (Å²) < 4.78 is 0. The van der Waals surface area contributed by atoms with Gasteiger partial charge < -0.3 is 10.8 Å². The van der Waals surface area contributed by atoms with Gasteiger partial charge in [-0.05, 0) is 24.8 Å². The summed E-state index contributed by atoms with van der Waals surface area (Å²) in [6.07, 6.45) is 2.15. The van der Waals surface area contributed by atoms with Crippen LogP contribution in [0.15, 0.2) is 0 Å². The molecule has 17 heavy (non-hydrogen) atoms. The lowest BCUT2D eigenvalue weighted by Gasteiger charge is -2.35. The third kappa shape index (κ3) is 6.39. The normalized spacial score (nSPS) is 17.5. The van der Waals surface area contributed by atoms with Crippen molar-refractivity contribution < 1.29 is 5.11 Å². The first-order valence-electron chi connectivity index (χ1n) is 7.06. The topological polar surface area (TPSA) is 49.5 Å². The lowest BCUT2D eigenvalue weighted by atomic mass is 9.96. The van der Waals surface area contributed by atoms with E-state index in [1.807, 2.05) is 0 Å². The predicted molar refractivity (Wildman–Crippen MR) is 75.0 cm³/mol. The third-order valence-corrected chi connectivity index (χ3v) is 3.54. The molecule has 0 heterocycles. The average molecular weight is 244 g/mol. The molecule has 104 valence electrons. The molecule has 0 bridgehead atoms. The van der Waals surface area contributed by atoms with E-state index in [9.17, 15) is 5.11 Å². The van der Waals surface area contributed by atoms with Gasteiger partial charge in [0.05, 0.1) is 6.61 Å². The minimum absolute atomic E-state index is 0.0732. The van der Waals surface area contributed by atoms with Crippen LogP contribution in [0.5, 0.6) is 0 Å². The maximum atomic E-state index is 9.57. The van der Waals surface area contributed by atoms with Gasteiger partial charge in [0.1, 0.15) is 0 Å². The molecule has 0 saturated carbocycles. The lowest BCUT2D eigenvalue weighted by molar-refractivity contribution is 0.0899. The number of nitrogens with zero attached hydrogens (tertiary/aromatic N) is 1. The van der Waals surface area contributed by atoms with E-state index >= 15 is 0 Å². The molecule has 3 N–H and O–H groups in total. The molecule has 3 atom stereocenters. The summed E-state index contributed by atoms with van der Waals surface area (Å²) in [5.41, 5.74) is 6.22. The number of hydrogen-bond donors (Lipinski definition) is 2. The zero-order chi connectivity index (χ0) is 13.4. The highest BCUT2D eigenvalue weighted by atomic mass is 16.3. The second-order valence-corrected chi connectivity index (χ2v) is 5.64. The van der Waals surface area contributed by atoms with Crippen LogP contribution in [0.1, 0.15) is 47.5 Å². The van der Waals surface area contributed by atoms with Crippen molar-refractivity contribution in [2.45, 2.75) is 59.5 Å². The lowest BCUT2D eigenvalue weighted by Crippen LogP contribution is -2.51. The fraction of sp³-hybridized carbons (Fsp3) is 1.00. The molecule has 3 nitrogen and oxygen atoms in total. The third-order valence-electron chi connectivity index (χ3n) is 3.54. The predicted octanol–water partition coefficient (Wildman–Crippen LogP) is 2.09. The molecule has 3 heteroatoms. The number of likely N-dealkylation sites (N-methyl/N-ethyl adjacent to an activating group) is 1. The summed E-state index contributed by atoms with van der Waals surface area (Å²) in [5.74, 6) is 1.25. The van der Waals surface area contributed by atoms with E-state index in [1.54, 1.807) is 0 Å². The van der Waals surface area contributed by atoms with Crippen LogP contribution in [0.3, 0.4) is 0 Å². The zero-order valence-electron chi connectivity index (χ0n) is 12.3. The van der Waals surface area contributed by atoms with E-state index in [-0.39, 0.29) is 18.7 Å². The summed E-state index contributed by atoms with van der Waals surface area (Å²) in [4.78, 5) is 2.33. The molecule has 0 aromatic rings. The molecule has 0 fully saturated rings. The maximum Gasteiger partial charge on any atom is 0.0601 e. The summed E-state index contributed by atoms with van der Waals surface area (Å²) >= 11 is 0. The van der Waals surface area contributed by atoms with Crippen LogP contribution in [0, 0.1) is 11.8 Å². The first kappa shape index (κ1) is 16.9. The number of aliphatic hydroxyl groups is 1. The smallest absolute Gasteiger partial charge is 0.0601 e. The molecule has 0 radical (unpaired) electrons. The van der Waals surface area contributed by atoms with Crippen LogP contribution in [0.25, 0.3) is 0 Å². The molecule has 0 spiro atoms. The van der Waals surface area contributed by atoms with E-state index in [2.05, 4.69) is 39.5 Å². The van der Waals surface area contributed by atoms with Gasteiger partial charge in [0.25, 0.3) is 0 Å². The Hall–Kier alpha value is -0.120. The van der Waals surface area contributed by atoms with Gasteiger partial charge in [0, 0.05) is 18.6 Å². The molecule has 0 aliphatic rings. The minimum atomic E-state index is 0.0732. The molecule has 0 amide bonds. The van der Waals surface area contributed by atoms with Gasteiger partial charge in [0.2, 0.25) is 0 Å². The van der Waals surface area contributed by atoms with E-state index in [4.69, 9.17) is 5.73 Å². The van der Waals surface area contributed by atoms with Gasteiger partial charge >= 0.3 is 0 Å². The molecule has 0 aliphatic carbocycles. The number of rotatable bonds is 9. The first-order valence-corrected chi connectivity index (χ1v) is 7.06. The minimum Gasteiger partial charge on any atom is -0.395 e. The highest BCUT2D eigenvalue weighted by Gasteiger charge is 2.24. The molecule has 0 aromatic heterocycles. The fourth-order valence-corrected chi connectivity index (χ4v) is 2.25. The number of nitrogens with two attached hydrogens (primary N) is 1. The molecular formula is C14H32N2O. The van der Waals surface area contributed by atoms with Crippen molar-refractivity contribution in [1.82, 2.24) is 4.90 Å². The van der Waals surface area contributed by atoms with Crippen LogP contribution in [-0.4, -0.2) is 41.8 Å². The molecular weight excluding hydrogens is 212 g/mol. The Bertz CT molecular complexity index is 185. The Morgan fingerprint density at radius 2 is 1.76 bits per heavy atom. The fourth-order valence-electron chi connectivity index (χ4n) is 2.25. The van der Waals surface area contributed by atoms with Gasteiger partial charge in [-0.3, -0.25) is 4.90 Å². The Kier molecular flexibility index (Phi) is 8.83. The molecule has 0 saturated heterocycles. The van der Waals surface area contributed by atoms with E-state index in [1.165, 1.54) is 6.42 Å². The SMILES string of the molecule is CCC(C)CN(CC)C(CO)C(N)CC(C)C. The van der Waals surface area contributed by atoms with Crippen molar-refractivity contribution >= 4 is 0 Å². The highest BCUT2D eigenvalue weighted by molar-refractivity contribution is 4.82.